The lowest BCUT2D eigenvalue weighted by Gasteiger charge is -2.10. The second-order valence-corrected chi connectivity index (χ2v) is 4.97. The molecular formula is C16H15N5O4. The van der Waals surface area contributed by atoms with Crippen LogP contribution in [0.5, 0.6) is 5.88 Å². The van der Waals surface area contributed by atoms with Crippen molar-refractivity contribution in [2.75, 3.05) is 17.7 Å². The molecule has 0 unspecified atom stereocenters. The Morgan fingerprint density at radius 2 is 2.24 bits per heavy atom. The number of nitro benzene ring substituents is 1. The molecule has 2 aromatic rings. The summed E-state index contributed by atoms with van der Waals surface area (Å²) in [6.45, 7) is 2.01. The predicted molar refractivity (Wildman–Crippen MR) is 90.0 cm³/mol. The molecule has 0 aliphatic heterocycles. The molecule has 0 saturated heterocycles. The number of nitriles is 1. The number of benzene rings is 1. The van der Waals surface area contributed by atoms with E-state index >= 15 is 0 Å². The van der Waals surface area contributed by atoms with Crippen LogP contribution < -0.4 is 15.8 Å². The standard InChI is InChI=1S/C16H15N5O4/c1-2-25-16-12(9-17)13(18)8-14(20-16)19-15(22)7-10-4-3-5-11(6-10)21(23)24/h3-6,8H,2,7H2,1H3,(H3,18,19,20,22). The number of nitro groups is 1. The quantitative estimate of drug-likeness (QED) is 0.604. The van der Waals surface area contributed by atoms with Gasteiger partial charge in [-0.15, -0.1) is 0 Å². The Kier molecular flexibility index (Phi) is 5.47. The lowest BCUT2D eigenvalue weighted by atomic mass is 10.1. The number of ether oxygens (including phenoxy) is 1. The maximum Gasteiger partial charge on any atom is 0.269 e. The third-order valence-corrected chi connectivity index (χ3v) is 3.16. The molecule has 0 fully saturated rings. The average Bonchev–Trinajstić information content (AvgIpc) is 2.55. The van der Waals surface area contributed by atoms with Crippen LogP contribution in [0.3, 0.4) is 0 Å². The minimum Gasteiger partial charge on any atom is -0.477 e. The van der Waals surface area contributed by atoms with Crippen LogP contribution >= 0.6 is 0 Å². The number of nitrogens with zero attached hydrogens (tertiary/aromatic N) is 3. The summed E-state index contributed by atoms with van der Waals surface area (Å²) in [5, 5.41) is 22.4. The minimum atomic E-state index is -0.529. The summed E-state index contributed by atoms with van der Waals surface area (Å²) in [5.41, 5.74) is 6.39. The van der Waals surface area contributed by atoms with Crippen LogP contribution in [0.15, 0.2) is 30.3 Å². The Morgan fingerprint density at radius 1 is 1.48 bits per heavy atom. The Bertz CT molecular complexity index is 860. The Hall–Kier alpha value is -3.67. The average molecular weight is 341 g/mol. The van der Waals surface area contributed by atoms with Crippen LogP contribution in [0.4, 0.5) is 17.2 Å². The molecule has 0 atom stereocenters. The Morgan fingerprint density at radius 3 is 2.88 bits per heavy atom. The van der Waals surface area contributed by atoms with Crippen molar-refractivity contribution in [3.8, 4) is 11.9 Å². The third kappa shape index (κ3) is 4.42. The summed E-state index contributed by atoms with van der Waals surface area (Å²) in [4.78, 5) is 26.4. The van der Waals surface area contributed by atoms with Gasteiger partial charge in [-0.05, 0) is 12.5 Å². The van der Waals surface area contributed by atoms with Crippen molar-refractivity contribution in [3.05, 3.63) is 51.6 Å². The van der Waals surface area contributed by atoms with E-state index < -0.39 is 10.8 Å². The van der Waals surface area contributed by atoms with Crippen LogP contribution in [-0.4, -0.2) is 22.4 Å². The van der Waals surface area contributed by atoms with Gasteiger partial charge in [-0.25, -0.2) is 0 Å². The molecule has 1 amide bonds. The molecule has 3 N–H and O–H groups in total. The highest BCUT2D eigenvalue weighted by molar-refractivity contribution is 5.92. The highest BCUT2D eigenvalue weighted by atomic mass is 16.6. The van der Waals surface area contributed by atoms with Gasteiger partial charge in [0, 0.05) is 18.2 Å². The first kappa shape index (κ1) is 17.7. The van der Waals surface area contributed by atoms with E-state index in [0.717, 1.165) is 0 Å². The normalized spacial score (nSPS) is 9.92. The van der Waals surface area contributed by atoms with Crippen LogP contribution in [0, 0.1) is 21.4 Å². The first-order valence-corrected chi connectivity index (χ1v) is 7.31. The lowest BCUT2D eigenvalue weighted by Crippen LogP contribution is -2.16. The number of rotatable bonds is 6. The summed E-state index contributed by atoms with van der Waals surface area (Å²) in [7, 11) is 0. The summed E-state index contributed by atoms with van der Waals surface area (Å²) >= 11 is 0. The van der Waals surface area contributed by atoms with Gasteiger partial charge in [-0.3, -0.25) is 14.9 Å². The van der Waals surface area contributed by atoms with Gasteiger partial charge >= 0.3 is 0 Å². The molecule has 0 spiro atoms. The van der Waals surface area contributed by atoms with E-state index in [1.54, 1.807) is 13.0 Å². The first-order chi connectivity index (χ1) is 11.9. The number of nitrogens with one attached hydrogen (secondary N) is 1. The number of pyridine rings is 1. The molecule has 1 aromatic carbocycles. The predicted octanol–water partition coefficient (Wildman–Crippen LogP) is 2.02. The highest BCUT2D eigenvalue weighted by Gasteiger charge is 2.14. The van der Waals surface area contributed by atoms with Crippen molar-refractivity contribution in [1.82, 2.24) is 4.98 Å². The molecule has 1 aromatic heterocycles. The largest absolute Gasteiger partial charge is 0.477 e. The van der Waals surface area contributed by atoms with Crippen molar-refractivity contribution in [2.24, 2.45) is 0 Å². The molecule has 9 nitrogen and oxygen atoms in total. The van der Waals surface area contributed by atoms with Gasteiger partial charge in [-0.2, -0.15) is 10.2 Å². The zero-order valence-corrected chi connectivity index (χ0v) is 13.4. The van der Waals surface area contributed by atoms with Gasteiger partial charge in [0.05, 0.1) is 23.6 Å². The fourth-order valence-electron chi connectivity index (χ4n) is 2.11. The summed E-state index contributed by atoms with van der Waals surface area (Å²) < 4.78 is 5.25. The molecule has 128 valence electrons. The number of anilines is 2. The van der Waals surface area contributed by atoms with Gasteiger partial charge in [0.15, 0.2) is 0 Å². The molecule has 0 aliphatic rings. The van der Waals surface area contributed by atoms with Gasteiger partial charge in [-0.1, -0.05) is 12.1 Å². The number of carbonyl (C=O) groups is 1. The number of aromatic nitrogens is 1. The van der Waals surface area contributed by atoms with Gasteiger partial charge in [0.25, 0.3) is 5.69 Å². The molecular weight excluding hydrogens is 326 g/mol. The number of amides is 1. The van der Waals surface area contributed by atoms with Crippen molar-refractivity contribution >= 4 is 23.1 Å². The maximum atomic E-state index is 12.1. The van der Waals surface area contributed by atoms with Gasteiger partial charge in [0.1, 0.15) is 17.5 Å². The van der Waals surface area contributed by atoms with Crippen molar-refractivity contribution < 1.29 is 14.5 Å². The van der Waals surface area contributed by atoms with E-state index in [2.05, 4.69) is 10.3 Å². The van der Waals surface area contributed by atoms with E-state index in [4.69, 9.17) is 15.7 Å². The van der Waals surface area contributed by atoms with Crippen molar-refractivity contribution in [1.29, 1.82) is 5.26 Å². The smallest absolute Gasteiger partial charge is 0.269 e. The van der Waals surface area contributed by atoms with Crippen molar-refractivity contribution in [2.45, 2.75) is 13.3 Å². The number of hydrogen-bond acceptors (Lipinski definition) is 7. The number of hydrogen-bond donors (Lipinski definition) is 2. The molecule has 9 heteroatoms. The molecule has 25 heavy (non-hydrogen) atoms. The SMILES string of the molecule is CCOc1nc(NC(=O)Cc2cccc([N+](=O)[O-])c2)cc(N)c1C#N. The van der Waals surface area contributed by atoms with E-state index in [1.165, 1.54) is 24.3 Å². The first-order valence-electron chi connectivity index (χ1n) is 7.31. The number of carbonyl (C=O) groups excluding carboxylic acids is 1. The fraction of sp³-hybridized carbons (Fsp3) is 0.188. The molecule has 0 aliphatic carbocycles. The molecule has 0 radical (unpaired) electrons. The summed E-state index contributed by atoms with van der Waals surface area (Å²) in [6, 6.07) is 9.04. The topological polar surface area (TPSA) is 144 Å². The highest BCUT2D eigenvalue weighted by Crippen LogP contribution is 2.25. The molecule has 0 bridgehead atoms. The van der Waals surface area contributed by atoms with Crippen LogP contribution in [0.25, 0.3) is 0 Å². The third-order valence-electron chi connectivity index (χ3n) is 3.16. The maximum absolute atomic E-state index is 12.1. The Labute approximate surface area is 143 Å². The number of nitrogen functional groups attached to an aromatic ring is 1. The van der Waals surface area contributed by atoms with Crippen LogP contribution in [0.1, 0.15) is 18.1 Å². The van der Waals surface area contributed by atoms with E-state index in [9.17, 15) is 14.9 Å². The molecule has 2 rings (SSSR count). The zero-order chi connectivity index (χ0) is 18.4. The van der Waals surface area contributed by atoms with E-state index in [-0.39, 0.29) is 41.7 Å². The number of nitrogens with two attached hydrogens (primary N) is 1. The zero-order valence-electron chi connectivity index (χ0n) is 13.4. The second-order valence-electron chi connectivity index (χ2n) is 4.97. The Balaban J connectivity index is 2.17. The van der Waals surface area contributed by atoms with Gasteiger partial charge in [0.2, 0.25) is 11.8 Å². The van der Waals surface area contributed by atoms with E-state index in [1.807, 2.05) is 6.07 Å². The number of non-ortho nitro benzene ring substituents is 1. The van der Waals surface area contributed by atoms with Crippen molar-refractivity contribution in [3.63, 3.8) is 0 Å². The van der Waals surface area contributed by atoms with E-state index in [0.29, 0.717) is 5.56 Å². The van der Waals surface area contributed by atoms with Gasteiger partial charge < -0.3 is 15.8 Å². The monoisotopic (exact) mass is 341 g/mol. The minimum absolute atomic E-state index is 0.0376. The summed E-state index contributed by atoms with van der Waals surface area (Å²) in [5.74, 6) is -0.259. The van der Waals surface area contributed by atoms with Crippen LogP contribution in [0.2, 0.25) is 0 Å². The second kappa shape index (κ2) is 7.74. The lowest BCUT2D eigenvalue weighted by molar-refractivity contribution is -0.384. The molecule has 1 heterocycles. The van der Waals surface area contributed by atoms with Crippen LogP contribution in [-0.2, 0) is 11.2 Å². The fourth-order valence-corrected chi connectivity index (χ4v) is 2.11. The summed E-state index contributed by atoms with van der Waals surface area (Å²) in [6.07, 6.45) is -0.0762. The molecule has 0 saturated carbocycles.